The number of hydrogen-bond donors (Lipinski definition) is 3. The molecule has 6 heteroatoms. The summed E-state index contributed by atoms with van der Waals surface area (Å²) in [5, 5.41) is 11.4. The van der Waals surface area contributed by atoms with Gasteiger partial charge in [-0.15, -0.1) is 0 Å². The maximum Gasteiger partial charge on any atom is 0.221 e. The van der Waals surface area contributed by atoms with E-state index in [1.165, 1.54) is 6.07 Å². The zero-order chi connectivity index (χ0) is 23.0. The van der Waals surface area contributed by atoms with Crippen molar-refractivity contribution in [3.05, 3.63) is 63.9 Å². The molecule has 0 radical (unpaired) electrons. The Morgan fingerprint density at radius 1 is 1.41 bits per heavy atom. The molecule has 1 aromatic carbocycles. The molecule has 32 heavy (non-hydrogen) atoms. The SMILES string of the molecule is CC#Cc1ccc(Cc2c(F)cc(CC(N)=O)c3[nH]c4c(c23)CCC(C(C)(C)O)C4)cn1. The number of nitrogens with zero attached hydrogens (tertiary/aromatic N) is 1. The number of aliphatic hydroxyl groups is 1. The van der Waals surface area contributed by atoms with Crippen LogP contribution in [-0.2, 0) is 30.5 Å². The van der Waals surface area contributed by atoms with Crippen LogP contribution in [0.3, 0.4) is 0 Å². The molecule has 1 aliphatic carbocycles. The smallest absolute Gasteiger partial charge is 0.221 e. The fourth-order valence-electron chi connectivity index (χ4n) is 4.75. The van der Waals surface area contributed by atoms with Crippen molar-refractivity contribution in [2.24, 2.45) is 11.7 Å². The van der Waals surface area contributed by atoms with Crippen LogP contribution in [0.1, 0.15) is 60.8 Å². The first-order chi connectivity index (χ1) is 15.2. The number of hydrogen-bond acceptors (Lipinski definition) is 3. The lowest BCUT2D eigenvalue weighted by molar-refractivity contribution is -0.117. The first kappa shape index (κ1) is 22.0. The average molecular weight is 434 g/mol. The van der Waals surface area contributed by atoms with Gasteiger partial charge in [0.25, 0.3) is 0 Å². The van der Waals surface area contributed by atoms with Gasteiger partial charge in [-0.25, -0.2) is 9.37 Å². The van der Waals surface area contributed by atoms with Crippen molar-refractivity contribution in [1.29, 1.82) is 0 Å². The van der Waals surface area contributed by atoms with Crippen LogP contribution in [0.5, 0.6) is 0 Å². The van der Waals surface area contributed by atoms with Crippen molar-refractivity contribution in [2.75, 3.05) is 0 Å². The van der Waals surface area contributed by atoms with Gasteiger partial charge in [-0.3, -0.25) is 4.79 Å². The molecule has 5 nitrogen and oxygen atoms in total. The number of halogens is 1. The number of benzene rings is 1. The van der Waals surface area contributed by atoms with E-state index in [4.69, 9.17) is 5.73 Å². The quantitative estimate of drug-likeness (QED) is 0.537. The second kappa shape index (κ2) is 8.40. The van der Waals surface area contributed by atoms with Crippen LogP contribution in [0, 0.1) is 23.6 Å². The highest BCUT2D eigenvalue weighted by atomic mass is 19.1. The summed E-state index contributed by atoms with van der Waals surface area (Å²) in [6.07, 6.45) is 4.30. The van der Waals surface area contributed by atoms with Crippen LogP contribution in [0.15, 0.2) is 24.4 Å². The predicted molar refractivity (Wildman–Crippen MR) is 123 cm³/mol. The molecule has 4 rings (SSSR count). The minimum Gasteiger partial charge on any atom is -0.390 e. The molecule has 1 amide bonds. The van der Waals surface area contributed by atoms with E-state index in [1.54, 1.807) is 13.1 Å². The lowest BCUT2D eigenvalue weighted by Crippen LogP contribution is -2.35. The van der Waals surface area contributed by atoms with Crippen LogP contribution in [-0.4, -0.2) is 26.6 Å². The molecule has 1 unspecified atom stereocenters. The number of aromatic nitrogens is 2. The second-order valence-corrected chi connectivity index (χ2v) is 9.17. The number of carbonyl (C=O) groups excluding carboxylic acids is 1. The summed E-state index contributed by atoms with van der Waals surface area (Å²) in [5.41, 5.74) is 10.2. The Bertz CT molecular complexity index is 1240. The number of aromatic amines is 1. The Balaban J connectivity index is 1.83. The predicted octanol–water partition coefficient (Wildman–Crippen LogP) is 3.57. The van der Waals surface area contributed by atoms with Crippen LogP contribution in [0.4, 0.5) is 4.39 Å². The van der Waals surface area contributed by atoms with E-state index in [1.807, 2.05) is 26.0 Å². The number of primary amides is 1. The van der Waals surface area contributed by atoms with Gasteiger partial charge >= 0.3 is 0 Å². The molecule has 1 aliphatic rings. The zero-order valence-electron chi connectivity index (χ0n) is 18.7. The zero-order valence-corrected chi connectivity index (χ0v) is 18.7. The number of amides is 1. The van der Waals surface area contributed by atoms with E-state index in [2.05, 4.69) is 21.8 Å². The van der Waals surface area contributed by atoms with E-state index >= 15 is 4.39 Å². The minimum absolute atomic E-state index is 0.0338. The number of nitrogens with one attached hydrogen (secondary N) is 1. The van der Waals surface area contributed by atoms with Gasteiger partial charge in [0.1, 0.15) is 11.5 Å². The Morgan fingerprint density at radius 2 is 2.19 bits per heavy atom. The fourth-order valence-corrected chi connectivity index (χ4v) is 4.75. The Labute approximate surface area is 187 Å². The molecular weight excluding hydrogens is 405 g/mol. The van der Waals surface area contributed by atoms with Crippen molar-refractivity contribution >= 4 is 16.8 Å². The molecule has 166 valence electrons. The second-order valence-electron chi connectivity index (χ2n) is 9.17. The van der Waals surface area contributed by atoms with E-state index < -0.39 is 11.5 Å². The van der Waals surface area contributed by atoms with E-state index in [0.29, 0.717) is 29.7 Å². The Hall–Kier alpha value is -3.17. The van der Waals surface area contributed by atoms with Crippen LogP contribution < -0.4 is 5.73 Å². The number of H-pyrrole nitrogens is 1. The van der Waals surface area contributed by atoms with Crippen molar-refractivity contribution in [3.63, 3.8) is 0 Å². The molecule has 0 aliphatic heterocycles. The molecule has 0 saturated heterocycles. The molecule has 0 bridgehead atoms. The average Bonchev–Trinajstić information content (AvgIpc) is 3.10. The van der Waals surface area contributed by atoms with Gasteiger partial charge in [-0.1, -0.05) is 12.0 Å². The van der Waals surface area contributed by atoms with Gasteiger partial charge < -0.3 is 15.8 Å². The summed E-state index contributed by atoms with van der Waals surface area (Å²) in [6, 6.07) is 5.17. The highest BCUT2D eigenvalue weighted by Gasteiger charge is 2.33. The summed E-state index contributed by atoms with van der Waals surface area (Å²) in [4.78, 5) is 19.4. The molecule has 2 aromatic heterocycles. The number of nitrogens with two attached hydrogens (primary N) is 1. The third-order valence-corrected chi connectivity index (χ3v) is 6.42. The summed E-state index contributed by atoms with van der Waals surface area (Å²) >= 11 is 0. The number of carbonyl (C=O) groups is 1. The van der Waals surface area contributed by atoms with Crippen molar-refractivity contribution in [2.45, 2.75) is 58.5 Å². The molecule has 3 aromatic rings. The van der Waals surface area contributed by atoms with Gasteiger partial charge in [0, 0.05) is 29.3 Å². The topological polar surface area (TPSA) is 92.0 Å². The Kier molecular flexibility index (Phi) is 5.79. The van der Waals surface area contributed by atoms with E-state index in [-0.39, 0.29) is 18.2 Å². The van der Waals surface area contributed by atoms with Crippen LogP contribution in [0.2, 0.25) is 0 Å². The Morgan fingerprint density at radius 3 is 2.81 bits per heavy atom. The molecule has 0 saturated carbocycles. The number of fused-ring (bicyclic) bond motifs is 3. The monoisotopic (exact) mass is 433 g/mol. The highest BCUT2D eigenvalue weighted by Crippen LogP contribution is 2.39. The van der Waals surface area contributed by atoms with Gasteiger partial charge in [-0.05, 0) is 80.7 Å². The third kappa shape index (κ3) is 4.26. The van der Waals surface area contributed by atoms with Gasteiger partial charge in [0.05, 0.1) is 17.5 Å². The van der Waals surface area contributed by atoms with Gasteiger partial charge in [0.15, 0.2) is 0 Å². The van der Waals surface area contributed by atoms with Crippen LogP contribution >= 0.6 is 0 Å². The van der Waals surface area contributed by atoms with Crippen molar-refractivity contribution in [1.82, 2.24) is 9.97 Å². The summed E-state index contributed by atoms with van der Waals surface area (Å²) in [7, 11) is 0. The summed E-state index contributed by atoms with van der Waals surface area (Å²) in [5.74, 6) is 4.99. The molecule has 0 fully saturated rings. The number of pyridine rings is 1. The lowest BCUT2D eigenvalue weighted by atomic mass is 9.77. The van der Waals surface area contributed by atoms with E-state index in [9.17, 15) is 9.90 Å². The van der Waals surface area contributed by atoms with Gasteiger partial charge in [-0.2, -0.15) is 0 Å². The van der Waals surface area contributed by atoms with Crippen molar-refractivity contribution in [3.8, 4) is 11.8 Å². The third-order valence-electron chi connectivity index (χ3n) is 6.42. The molecular formula is C26H28FN3O2. The minimum atomic E-state index is -0.798. The lowest BCUT2D eigenvalue weighted by Gasteiger charge is -2.32. The maximum absolute atomic E-state index is 15.4. The number of rotatable bonds is 5. The number of aryl methyl sites for hydroxylation is 1. The standard InChI is InChI=1S/C26H28FN3O2/c1-4-5-18-8-6-15(14-29-18)10-20-21(27)11-16(12-23(28)31)25-24(20)19-9-7-17(26(2,3)32)13-22(19)30-25/h6,8,11,14,17,30,32H,7,9-10,12-13H2,1-3H3,(H2,28,31). The normalized spacial score (nSPS) is 15.8. The highest BCUT2D eigenvalue weighted by molar-refractivity contribution is 5.93. The first-order valence-electron chi connectivity index (χ1n) is 10.9. The molecule has 2 heterocycles. The van der Waals surface area contributed by atoms with Gasteiger partial charge in [0.2, 0.25) is 5.91 Å². The van der Waals surface area contributed by atoms with Crippen LogP contribution in [0.25, 0.3) is 10.9 Å². The molecule has 1 atom stereocenters. The van der Waals surface area contributed by atoms with E-state index in [0.717, 1.165) is 40.6 Å². The first-order valence-corrected chi connectivity index (χ1v) is 10.9. The summed E-state index contributed by atoms with van der Waals surface area (Å²) < 4.78 is 15.4. The maximum atomic E-state index is 15.4. The molecule has 4 N–H and O–H groups in total. The summed E-state index contributed by atoms with van der Waals surface area (Å²) in [6.45, 7) is 5.41. The van der Waals surface area contributed by atoms with Crippen molar-refractivity contribution < 1.29 is 14.3 Å². The fraction of sp³-hybridized carbons (Fsp3) is 0.385. The molecule has 0 spiro atoms. The largest absolute Gasteiger partial charge is 0.390 e.